The van der Waals surface area contributed by atoms with E-state index in [0.717, 1.165) is 22.5 Å². The van der Waals surface area contributed by atoms with Crippen molar-refractivity contribution < 1.29 is 4.79 Å². The summed E-state index contributed by atoms with van der Waals surface area (Å²) >= 11 is 6.03. The topological polar surface area (TPSA) is 66.9 Å². The van der Waals surface area contributed by atoms with Crippen LogP contribution in [0, 0.1) is 20.8 Å². The minimum atomic E-state index is -0.290. The van der Waals surface area contributed by atoms with Gasteiger partial charge in [0.25, 0.3) is 5.91 Å². The van der Waals surface area contributed by atoms with Crippen molar-refractivity contribution in [2.24, 2.45) is 0 Å². The summed E-state index contributed by atoms with van der Waals surface area (Å²) in [5.74, 6) is 0.0459. The summed E-state index contributed by atoms with van der Waals surface area (Å²) in [6.07, 6.45) is 1.55. The van der Waals surface area contributed by atoms with Crippen molar-refractivity contribution in [3.05, 3.63) is 76.1 Å². The number of hydrogen-bond acceptors (Lipinski definition) is 4. The highest BCUT2D eigenvalue weighted by atomic mass is 35.5. The van der Waals surface area contributed by atoms with E-state index in [-0.39, 0.29) is 11.6 Å². The first kappa shape index (κ1) is 17.9. The Bertz CT molecular complexity index is 972. The van der Waals surface area contributed by atoms with Crippen LogP contribution < -0.4 is 10.6 Å². The number of rotatable bonds is 4. The number of benzene rings is 2. The third kappa shape index (κ3) is 4.18. The molecule has 0 aliphatic carbocycles. The number of aryl methyl sites for hydroxylation is 3. The number of hydrogen-bond donors (Lipinski definition) is 2. The van der Waals surface area contributed by atoms with Crippen LogP contribution in [0.1, 0.15) is 27.2 Å². The highest BCUT2D eigenvalue weighted by Gasteiger charge is 2.10. The van der Waals surface area contributed by atoms with Gasteiger partial charge in [0.2, 0.25) is 5.95 Å². The summed E-state index contributed by atoms with van der Waals surface area (Å²) in [5, 5.41) is 6.57. The number of carbonyl (C=O) groups excluding carboxylic acids is 1. The lowest BCUT2D eigenvalue weighted by Crippen LogP contribution is -2.15. The molecule has 0 bridgehead atoms. The molecule has 132 valence electrons. The van der Waals surface area contributed by atoms with Crippen LogP contribution in [0.2, 0.25) is 5.02 Å². The molecule has 0 saturated heterocycles. The molecule has 0 aliphatic heterocycles. The van der Waals surface area contributed by atoms with Crippen LogP contribution in [-0.4, -0.2) is 15.9 Å². The first-order chi connectivity index (χ1) is 12.4. The van der Waals surface area contributed by atoms with Gasteiger partial charge >= 0.3 is 0 Å². The number of anilines is 3. The third-order valence-corrected chi connectivity index (χ3v) is 4.33. The molecule has 2 N–H and O–H groups in total. The van der Waals surface area contributed by atoms with Crippen molar-refractivity contribution >= 4 is 34.8 Å². The Morgan fingerprint density at radius 2 is 1.73 bits per heavy atom. The second kappa shape index (κ2) is 7.54. The lowest BCUT2D eigenvalue weighted by molar-refractivity contribution is 0.102. The molecule has 3 rings (SSSR count). The lowest BCUT2D eigenvalue weighted by Gasteiger charge is -2.10. The quantitative estimate of drug-likeness (QED) is 0.678. The lowest BCUT2D eigenvalue weighted by atomic mass is 10.1. The number of halogens is 1. The Kier molecular flexibility index (Phi) is 5.19. The van der Waals surface area contributed by atoms with E-state index >= 15 is 0 Å². The average Bonchev–Trinajstić information content (AvgIpc) is 2.61. The van der Waals surface area contributed by atoms with Gasteiger partial charge < -0.3 is 10.6 Å². The largest absolute Gasteiger partial charge is 0.324 e. The zero-order valence-electron chi connectivity index (χ0n) is 14.8. The number of nitrogens with zero attached hydrogens (tertiary/aromatic N) is 2. The molecule has 0 unspecified atom stereocenters. The van der Waals surface area contributed by atoms with E-state index in [4.69, 9.17) is 11.6 Å². The van der Waals surface area contributed by atoms with Crippen LogP contribution in [0.3, 0.4) is 0 Å². The van der Waals surface area contributed by atoms with E-state index in [1.165, 1.54) is 5.56 Å². The molecule has 0 atom stereocenters. The van der Waals surface area contributed by atoms with Crippen LogP contribution in [-0.2, 0) is 0 Å². The summed E-state index contributed by atoms with van der Waals surface area (Å²) < 4.78 is 0. The number of nitrogens with one attached hydrogen (secondary N) is 2. The maximum atomic E-state index is 12.5. The molecule has 26 heavy (non-hydrogen) atoms. The molecular weight excluding hydrogens is 348 g/mol. The van der Waals surface area contributed by atoms with E-state index in [0.29, 0.717) is 11.0 Å². The summed E-state index contributed by atoms with van der Waals surface area (Å²) in [6, 6.07) is 12.9. The predicted octanol–water partition coefficient (Wildman–Crippen LogP) is 5.05. The van der Waals surface area contributed by atoms with Crippen molar-refractivity contribution in [1.82, 2.24) is 9.97 Å². The van der Waals surface area contributed by atoms with Crippen molar-refractivity contribution in [2.45, 2.75) is 20.8 Å². The van der Waals surface area contributed by atoms with Crippen LogP contribution in [0.4, 0.5) is 17.3 Å². The van der Waals surface area contributed by atoms with Gasteiger partial charge in [-0.15, -0.1) is 0 Å². The fourth-order valence-electron chi connectivity index (χ4n) is 2.41. The van der Waals surface area contributed by atoms with Gasteiger partial charge in [0, 0.05) is 22.6 Å². The molecule has 0 spiro atoms. The average molecular weight is 367 g/mol. The Balaban J connectivity index is 1.78. The Morgan fingerprint density at radius 3 is 2.50 bits per heavy atom. The number of carbonyl (C=O) groups is 1. The van der Waals surface area contributed by atoms with E-state index < -0.39 is 0 Å². The molecule has 0 aliphatic rings. The molecule has 6 heteroatoms. The van der Waals surface area contributed by atoms with Crippen LogP contribution >= 0.6 is 11.6 Å². The Labute approximate surface area is 157 Å². The van der Waals surface area contributed by atoms with Crippen molar-refractivity contribution in [3.8, 4) is 0 Å². The first-order valence-electron chi connectivity index (χ1n) is 8.17. The molecule has 3 aromatic rings. The molecule has 0 radical (unpaired) electrons. The van der Waals surface area contributed by atoms with Gasteiger partial charge in [0.15, 0.2) is 0 Å². The van der Waals surface area contributed by atoms with E-state index in [9.17, 15) is 4.79 Å². The number of aromatic nitrogens is 2. The maximum Gasteiger partial charge on any atom is 0.274 e. The minimum Gasteiger partial charge on any atom is -0.324 e. The fourth-order valence-corrected chi connectivity index (χ4v) is 2.58. The van der Waals surface area contributed by atoms with Crippen LogP contribution in [0.25, 0.3) is 0 Å². The van der Waals surface area contributed by atoms with E-state index in [1.54, 1.807) is 18.3 Å². The van der Waals surface area contributed by atoms with E-state index in [1.807, 2.05) is 51.1 Å². The summed E-state index contributed by atoms with van der Waals surface area (Å²) in [4.78, 5) is 21.0. The smallest absolute Gasteiger partial charge is 0.274 e. The molecule has 5 nitrogen and oxygen atoms in total. The van der Waals surface area contributed by atoms with Gasteiger partial charge in [-0.1, -0.05) is 23.7 Å². The Morgan fingerprint density at radius 1 is 0.962 bits per heavy atom. The second-order valence-electron chi connectivity index (χ2n) is 6.10. The fraction of sp³-hybridized carbons (Fsp3) is 0.150. The standard InChI is InChI=1S/C20H19ClN4O/c1-12-5-7-16(10-14(12)3)23-19(26)17-8-9-22-20(24-17)25-18-11-15(21)6-4-13(18)2/h4-11H,1-3H3,(H,23,26)(H,22,24,25). The summed E-state index contributed by atoms with van der Waals surface area (Å²) in [5.41, 5.74) is 5.10. The summed E-state index contributed by atoms with van der Waals surface area (Å²) in [6.45, 7) is 5.99. The van der Waals surface area contributed by atoms with Gasteiger partial charge in [-0.2, -0.15) is 0 Å². The SMILES string of the molecule is Cc1ccc(NC(=O)c2ccnc(Nc3cc(Cl)ccc3C)n2)cc1C. The van der Waals surface area contributed by atoms with Crippen molar-refractivity contribution in [1.29, 1.82) is 0 Å². The third-order valence-electron chi connectivity index (χ3n) is 4.10. The molecule has 1 amide bonds. The zero-order chi connectivity index (χ0) is 18.7. The van der Waals surface area contributed by atoms with E-state index in [2.05, 4.69) is 20.6 Å². The van der Waals surface area contributed by atoms with Gasteiger partial charge in [-0.05, 0) is 67.8 Å². The Hall–Kier alpha value is -2.92. The maximum absolute atomic E-state index is 12.5. The van der Waals surface area contributed by atoms with Gasteiger partial charge in [0.05, 0.1) is 0 Å². The van der Waals surface area contributed by atoms with Crippen LogP contribution in [0.5, 0.6) is 0 Å². The second-order valence-corrected chi connectivity index (χ2v) is 6.54. The molecule has 0 saturated carbocycles. The van der Waals surface area contributed by atoms with Crippen LogP contribution in [0.15, 0.2) is 48.7 Å². The monoisotopic (exact) mass is 366 g/mol. The molecule has 1 heterocycles. The molecule has 1 aromatic heterocycles. The predicted molar refractivity (Wildman–Crippen MR) is 105 cm³/mol. The summed E-state index contributed by atoms with van der Waals surface area (Å²) in [7, 11) is 0. The molecule has 0 fully saturated rings. The highest BCUT2D eigenvalue weighted by Crippen LogP contribution is 2.22. The minimum absolute atomic E-state index is 0.278. The van der Waals surface area contributed by atoms with Gasteiger partial charge in [-0.3, -0.25) is 4.79 Å². The van der Waals surface area contributed by atoms with Crippen molar-refractivity contribution in [2.75, 3.05) is 10.6 Å². The highest BCUT2D eigenvalue weighted by molar-refractivity contribution is 6.30. The first-order valence-corrected chi connectivity index (χ1v) is 8.55. The van der Waals surface area contributed by atoms with Gasteiger partial charge in [0.1, 0.15) is 5.69 Å². The zero-order valence-corrected chi connectivity index (χ0v) is 15.6. The van der Waals surface area contributed by atoms with Gasteiger partial charge in [-0.25, -0.2) is 9.97 Å². The number of amides is 1. The molecular formula is C20H19ClN4O. The molecule has 2 aromatic carbocycles. The normalized spacial score (nSPS) is 10.5. The van der Waals surface area contributed by atoms with Crippen molar-refractivity contribution in [3.63, 3.8) is 0 Å².